The lowest BCUT2D eigenvalue weighted by molar-refractivity contribution is 0.359. The van der Waals surface area contributed by atoms with Crippen molar-refractivity contribution < 1.29 is 0 Å². The molecular weight excluding hydrogens is 186 g/mol. The van der Waals surface area contributed by atoms with Crippen LogP contribution in [0.3, 0.4) is 0 Å². The van der Waals surface area contributed by atoms with Crippen LogP contribution in [-0.2, 0) is 0 Å². The quantitative estimate of drug-likeness (QED) is 0.784. The number of nitrogens with two attached hydrogens (primary N) is 1. The average Bonchev–Trinajstić information content (AvgIpc) is 2.08. The minimum atomic E-state index is 0.193. The molecule has 0 aromatic carbocycles. The monoisotopic (exact) mass is 207 g/mol. The van der Waals surface area contributed by atoms with E-state index in [0.717, 1.165) is 11.4 Å². The largest absolute Gasteiger partial charge is 0.396 e. The third kappa shape index (κ3) is 3.11. The van der Waals surface area contributed by atoms with Gasteiger partial charge in [-0.2, -0.15) is 0 Å². The molecule has 3 N–H and O–H groups in total. The summed E-state index contributed by atoms with van der Waals surface area (Å²) < 4.78 is 0. The fourth-order valence-electron chi connectivity index (χ4n) is 1.13. The highest BCUT2D eigenvalue weighted by Crippen LogP contribution is 2.24. The Bertz CT molecular complexity index is 339. The van der Waals surface area contributed by atoms with Gasteiger partial charge in [-0.25, -0.2) is 4.98 Å². The van der Waals surface area contributed by atoms with E-state index in [0.29, 0.717) is 11.7 Å². The summed E-state index contributed by atoms with van der Waals surface area (Å²) in [5.74, 6) is 0.781. The molecule has 0 aliphatic rings. The predicted octanol–water partition coefficient (Wildman–Crippen LogP) is 2.82. The summed E-state index contributed by atoms with van der Waals surface area (Å²) in [6.07, 6.45) is 1.83. The molecule has 1 aromatic heterocycles. The first kappa shape index (κ1) is 11.8. The maximum absolute atomic E-state index is 5.89. The van der Waals surface area contributed by atoms with Crippen LogP contribution in [0.15, 0.2) is 12.3 Å². The van der Waals surface area contributed by atoms with E-state index in [1.165, 1.54) is 0 Å². The van der Waals surface area contributed by atoms with Crippen molar-refractivity contribution in [2.24, 2.45) is 5.41 Å². The van der Waals surface area contributed by atoms with Crippen molar-refractivity contribution in [1.82, 2.24) is 4.98 Å². The third-order valence-corrected chi connectivity index (χ3v) is 2.71. The third-order valence-electron chi connectivity index (χ3n) is 2.71. The summed E-state index contributed by atoms with van der Waals surface area (Å²) in [5, 5.41) is 3.34. The molecule has 3 heteroatoms. The fraction of sp³-hybridized carbons (Fsp3) is 0.583. The molecule has 0 spiro atoms. The molecular formula is C12H21N3. The molecule has 0 aliphatic heterocycles. The number of rotatable bonds is 2. The lowest BCUT2D eigenvalue weighted by Crippen LogP contribution is -2.31. The number of nitrogen functional groups attached to an aromatic ring is 1. The normalized spacial score (nSPS) is 13.7. The summed E-state index contributed by atoms with van der Waals surface area (Å²) in [4.78, 5) is 4.30. The first-order valence-corrected chi connectivity index (χ1v) is 5.29. The van der Waals surface area contributed by atoms with Crippen LogP contribution in [0, 0.1) is 12.3 Å². The topological polar surface area (TPSA) is 50.9 Å². The van der Waals surface area contributed by atoms with Crippen LogP contribution in [0.1, 0.15) is 33.3 Å². The van der Waals surface area contributed by atoms with Crippen LogP contribution in [0.2, 0.25) is 0 Å². The summed E-state index contributed by atoms with van der Waals surface area (Å²) in [6, 6.07) is 2.26. The molecule has 1 aromatic rings. The SMILES string of the molecule is Cc1cnc(NC(C)C(C)(C)C)c(N)c1. The molecule has 0 fully saturated rings. The molecule has 1 heterocycles. The Labute approximate surface area is 92.1 Å². The zero-order valence-electron chi connectivity index (χ0n) is 10.3. The minimum Gasteiger partial charge on any atom is -0.396 e. The van der Waals surface area contributed by atoms with Crippen molar-refractivity contribution in [2.75, 3.05) is 11.1 Å². The highest BCUT2D eigenvalue weighted by atomic mass is 15.0. The van der Waals surface area contributed by atoms with Crippen LogP contribution in [0.25, 0.3) is 0 Å². The van der Waals surface area contributed by atoms with Crippen molar-refractivity contribution in [3.8, 4) is 0 Å². The molecule has 0 aliphatic carbocycles. The van der Waals surface area contributed by atoms with Crippen LogP contribution in [-0.4, -0.2) is 11.0 Å². The number of hydrogen-bond acceptors (Lipinski definition) is 3. The number of nitrogens with one attached hydrogen (secondary N) is 1. The highest BCUT2D eigenvalue weighted by molar-refractivity contribution is 5.62. The molecule has 0 saturated heterocycles. The molecule has 1 unspecified atom stereocenters. The summed E-state index contributed by atoms with van der Waals surface area (Å²) in [5.41, 5.74) is 7.88. The molecule has 0 bridgehead atoms. The van der Waals surface area contributed by atoms with Crippen LogP contribution in [0.4, 0.5) is 11.5 Å². The first-order valence-electron chi connectivity index (χ1n) is 5.29. The van der Waals surface area contributed by atoms with Gasteiger partial charge in [0.05, 0.1) is 5.69 Å². The number of anilines is 2. The molecule has 15 heavy (non-hydrogen) atoms. The summed E-state index contributed by atoms with van der Waals surface area (Å²) >= 11 is 0. The Kier molecular flexibility index (Phi) is 3.22. The van der Waals surface area contributed by atoms with E-state index in [1.807, 2.05) is 19.2 Å². The van der Waals surface area contributed by atoms with Gasteiger partial charge in [0.1, 0.15) is 5.82 Å². The molecule has 84 valence electrons. The van der Waals surface area contributed by atoms with Gasteiger partial charge in [-0.3, -0.25) is 0 Å². The van der Waals surface area contributed by atoms with E-state index in [1.54, 1.807) is 0 Å². The Morgan fingerprint density at radius 3 is 2.47 bits per heavy atom. The van der Waals surface area contributed by atoms with Crippen molar-refractivity contribution in [3.63, 3.8) is 0 Å². The average molecular weight is 207 g/mol. The molecule has 0 radical (unpaired) electrons. The minimum absolute atomic E-state index is 0.193. The number of hydrogen-bond donors (Lipinski definition) is 2. The van der Waals surface area contributed by atoms with Gasteiger partial charge in [0, 0.05) is 12.2 Å². The second-order valence-corrected chi connectivity index (χ2v) is 5.18. The maximum atomic E-state index is 5.89. The van der Waals surface area contributed by atoms with Crippen molar-refractivity contribution in [1.29, 1.82) is 0 Å². The smallest absolute Gasteiger partial charge is 0.149 e. The van der Waals surface area contributed by atoms with Crippen LogP contribution >= 0.6 is 0 Å². The van der Waals surface area contributed by atoms with Gasteiger partial charge in [0.15, 0.2) is 0 Å². The van der Waals surface area contributed by atoms with Gasteiger partial charge in [-0.1, -0.05) is 20.8 Å². The Morgan fingerprint density at radius 1 is 1.40 bits per heavy atom. The summed E-state index contributed by atoms with van der Waals surface area (Å²) in [6.45, 7) is 10.7. The molecule has 1 atom stereocenters. The first-order chi connectivity index (χ1) is 6.80. The van der Waals surface area contributed by atoms with Gasteiger partial charge < -0.3 is 11.1 Å². The zero-order chi connectivity index (χ0) is 11.6. The highest BCUT2D eigenvalue weighted by Gasteiger charge is 2.20. The van der Waals surface area contributed by atoms with E-state index in [4.69, 9.17) is 5.73 Å². The van der Waals surface area contributed by atoms with E-state index < -0.39 is 0 Å². The van der Waals surface area contributed by atoms with Crippen molar-refractivity contribution in [2.45, 2.75) is 40.7 Å². The van der Waals surface area contributed by atoms with E-state index >= 15 is 0 Å². The van der Waals surface area contributed by atoms with Gasteiger partial charge in [-0.05, 0) is 30.9 Å². The standard InChI is InChI=1S/C12H21N3/c1-8-6-10(13)11(14-7-8)15-9(2)12(3,4)5/h6-7,9H,13H2,1-5H3,(H,14,15). The number of pyridine rings is 1. The number of nitrogens with zero attached hydrogens (tertiary/aromatic N) is 1. The molecule has 0 saturated carbocycles. The van der Waals surface area contributed by atoms with Gasteiger partial charge >= 0.3 is 0 Å². The van der Waals surface area contributed by atoms with Gasteiger partial charge in [0.2, 0.25) is 0 Å². The zero-order valence-corrected chi connectivity index (χ0v) is 10.3. The molecule has 0 amide bonds. The van der Waals surface area contributed by atoms with E-state index in [-0.39, 0.29) is 5.41 Å². The number of aromatic nitrogens is 1. The lowest BCUT2D eigenvalue weighted by Gasteiger charge is -2.28. The van der Waals surface area contributed by atoms with E-state index in [9.17, 15) is 0 Å². The van der Waals surface area contributed by atoms with Gasteiger partial charge in [-0.15, -0.1) is 0 Å². The number of aryl methyl sites for hydroxylation is 1. The predicted molar refractivity (Wildman–Crippen MR) is 65.9 cm³/mol. The fourth-order valence-corrected chi connectivity index (χ4v) is 1.13. The second-order valence-electron chi connectivity index (χ2n) is 5.18. The van der Waals surface area contributed by atoms with Crippen molar-refractivity contribution >= 4 is 11.5 Å². The van der Waals surface area contributed by atoms with Gasteiger partial charge in [0.25, 0.3) is 0 Å². The Morgan fingerprint density at radius 2 is 2.00 bits per heavy atom. The summed E-state index contributed by atoms with van der Waals surface area (Å²) in [7, 11) is 0. The maximum Gasteiger partial charge on any atom is 0.149 e. The Hall–Kier alpha value is -1.25. The van der Waals surface area contributed by atoms with Crippen LogP contribution in [0.5, 0.6) is 0 Å². The Balaban J connectivity index is 2.82. The molecule has 3 nitrogen and oxygen atoms in total. The molecule has 1 rings (SSSR count). The van der Waals surface area contributed by atoms with E-state index in [2.05, 4.69) is 38.0 Å². The second kappa shape index (κ2) is 4.09. The van der Waals surface area contributed by atoms with Crippen molar-refractivity contribution in [3.05, 3.63) is 17.8 Å². The van der Waals surface area contributed by atoms with Crippen LogP contribution < -0.4 is 11.1 Å². The lowest BCUT2D eigenvalue weighted by atomic mass is 9.88.